The lowest BCUT2D eigenvalue weighted by Crippen LogP contribution is -2.40. The van der Waals surface area contributed by atoms with E-state index in [1.165, 1.54) is 24.0 Å². The van der Waals surface area contributed by atoms with E-state index in [0.29, 0.717) is 18.7 Å². The number of aliphatic hydroxyl groups excluding tert-OH is 1. The van der Waals surface area contributed by atoms with E-state index in [2.05, 4.69) is 53.2 Å². The van der Waals surface area contributed by atoms with Gasteiger partial charge in [0.05, 0.1) is 12.7 Å². The van der Waals surface area contributed by atoms with Crippen LogP contribution in [0.25, 0.3) is 0 Å². The number of carbonyl (C=O) groups is 1. The highest BCUT2D eigenvalue weighted by atomic mass is 16.5. The van der Waals surface area contributed by atoms with Crippen molar-refractivity contribution in [3.8, 4) is 5.75 Å². The topological polar surface area (TPSA) is 65.0 Å². The highest BCUT2D eigenvalue weighted by Crippen LogP contribution is 2.18. The third-order valence-electron chi connectivity index (χ3n) is 6.48. The normalized spacial score (nSPS) is 14.9. The first-order chi connectivity index (χ1) is 17.1. The van der Waals surface area contributed by atoms with Crippen LogP contribution in [0.1, 0.15) is 61.0 Å². The second kappa shape index (κ2) is 14.9. The van der Waals surface area contributed by atoms with Gasteiger partial charge in [-0.05, 0) is 87.1 Å². The number of hydrogen-bond donors (Lipinski definition) is 2. The molecule has 0 aliphatic carbocycles. The van der Waals surface area contributed by atoms with E-state index in [4.69, 9.17) is 4.74 Å². The summed E-state index contributed by atoms with van der Waals surface area (Å²) in [5, 5.41) is 13.4. The molecule has 0 radical (unpaired) electrons. The maximum Gasteiger partial charge on any atom is 0.251 e. The summed E-state index contributed by atoms with van der Waals surface area (Å²) in [6.07, 6.45) is 4.90. The van der Waals surface area contributed by atoms with Crippen LogP contribution in [0.4, 0.5) is 0 Å². The standard InChI is InChI=1S/C29H43N3O3/c1-3-16-31(17-4-2)19-8-20-35-28-14-12-25(13-15-28)29(34)30-21-27(33)23-32-18-7-11-24-9-5-6-10-26(24)22-32/h5-6,9-10,12-15,27,33H,3-4,7-8,11,16-23H2,1-2H3,(H,30,34)/t27-/m0/s1. The molecule has 0 saturated heterocycles. The number of amides is 1. The summed E-state index contributed by atoms with van der Waals surface area (Å²) in [5.41, 5.74) is 3.31. The van der Waals surface area contributed by atoms with Crippen molar-refractivity contribution in [1.29, 1.82) is 0 Å². The fraction of sp³-hybridized carbons (Fsp3) is 0.552. The summed E-state index contributed by atoms with van der Waals surface area (Å²) >= 11 is 0. The van der Waals surface area contributed by atoms with E-state index in [9.17, 15) is 9.90 Å². The monoisotopic (exact) mass is 481 g/mol. The van der Waals surface area contributed by atoms with Gasteiger partial charge in [-0.2, -0.15) is 0 Å². The molecule has 0 bridgehead atoms. The van der Waals surface area contributed by atoms with Crippen molar-refractivity contribution in [2.75, 3.05) is 45.9 Å². The number of rotatable bonds is 14. The Morgan fingerprint density at radius 2 is 1.77 bits per heavy atom. The first-order valence-electron chi connectivity index (χ1n) is 13.3. The quantitative estimate of drug-likeness (QED) is 0.398. The highest BCUT2D eigenvalue weighted by Gasteiger charge is 2.17. The van der Waals surface area contributed by atoms with Crippen LogP contribution in [-0.2, 0) is 13.0 Å². The number of hydrogen-bond acceptors (Lipinski definition) is 5. The summed E-state index contributed by atoms with van der Waals surface area (Å²) in [7, 11) is 0. The molecule has 2 N–H and O–H groups in total. The van der Waals surface area contributed by atoms with Gasteiger partial charge in [-0.15, -0.1) is 0 Å². The Morgan fingerprint density at radius 3 is 2.49 bits per heavy atom. The fourth-order valence-corrected chi connectivity index (χ4v) is 4.75. The molecule has 6 heteroatoms. The molecule has 0 saturated carbocycles. The lowest BCUT2D eigenvalue weighted by molar-refractivity contribution is 0.0851. The van der Waals surface area contributed by atoms with Crippen molar-refractivity contribution in [3.05, 3.63) is 65.2 Å². The zero-order valence-corrected chi connectivity index (χ0v) is 21.5. The van der Waals surface area contributed by atoms with Crippen LogP contribution in [0, 0.1) is 0 Å². The Hall–Kier alpha value is -2.41. The van der Waals surface area contributed by atoms with Gasteiger partial charge >= 0.3 is 0 Å². The minimum Gasteiger partial charge on any atom is -0.494 e. The number of nitrogens with zero attached hydrogens (tertiary/aromatic N) is 2. The van der Waals surface area contributed by atoms with Crippen molar-refractivity contribution in [2.24, 2.45) is 0 Å². The van der Waals surface area contributed by atoms with E-state index in [1.807, 2.05) is 12.1 Å². The van der Waals surface area contributed by atoms with Gasteiger partial charge in [-0.3, -0.25) is 9.69 Å². The fourth-order valence-electron chi connectivity index (χ4n) is 4.75. The zero-order chi connectivity index (χ0) is 24.9. The molecule has 35 heavy (non-hydrogen) atoms. The minimum atomic E-state index is -0.605. The average Bonchev–Trinajstić information content (AvgIpc) is 3.07. The lowest BCUT2D eigenvalue weighted by atomic mass is 10.0. The van der Waals surface area contributed by atoms with Crippen LogP contribution >= 0.6 is 0 Å². The van der Waals surface area contributed by atoms with Crippen LogP contribution in [-0.4, -0.2) is 72.8 Å². The van der Waals surface area contributed by atoms with Crippen LogP contribution in [0.15, 0.2) is 48.5 Å². The van der Waals surface area contributed by atoms with Crippen LogP contribution in [0.3, 0.4) is 0 Å². The van der Waals surface area contributed by atoms with Crippen molar-refractivity contribution in [1.82, 2.24) is 15.1 Å². The van der Waals surface area contributed by atoms with E-state index in [-0.39, 0.29) is 12.5 Å². The van der Waals surface area contributed by atoms with Crippen molar-refractivity contribution in [3.63, 3.8) is 0 Å². The van der Waals surface area contributed by atoms with Gasteiger partial charge in [0.15, 0.2) is 0 Å². The number of fused-ring (bicyclic) bond motifs is 1. The Bertz CT molecular complexity index is 881. The summed E-state index contributed by atoms with van der Waals surface area (Å²) in [6, 6.07) is 15.8. The number of ether oxygens (including phenoxy) is 1. The average molecular weight is 482 g/mol. The summed E-state index contributed by atoms with van der Waals surface area (Å²) < 4.78 is 5.86. The van der Waals surface area contributed by atoms with Crippen LogP contribution in [0.5, 0.6) is 5.75 Å². The van der Waals surface area contributed by atoms with Gasteiger partial charge in [0.25, 0.3) is 5.91 Å². The van der Waals surface area contributed by atoms with E-state index in [0.717, 1.165) is 57.7 Å². The molecular weight excluding hydrogens is 438 g/mol. The first-order valence-corrected chi connectivity index (χ1v) is 13.3. The largest absolute Gasteiger partial charge is 0.494 e. The lowest BCUT2D eigenvalue weighted by Gasteiger charge is -2.24. The highest BCUT2D eigenvalue weighted by molar-refractivity contribution is 5.94. The Labute approximate surface area is 211 Å². The maximum absolute atomic E-state index is 12.5. The molecular formula is C29H43N3O3. The number of aryl methyl sites for hydroxylation is 1. The van der Waals surface area contributed by atoms with Gasteiger partial charge in [0, 0.05) is 31.7 Å². The third kappa shape index (κ3) is 9.28. The van der Waals surface area contributed by atoms with Gasteiger partial charge in [-0.1, -0.05) is 38.1 Å². The second-order valence-electron chi connectivity index (χ2n) is 9.54. The maximum atomic E-state index is 12.5. The van der Waals surface area contributed by atoms with Crippen molar-refractivity contribution < 1.29 is 14.6 Å². The van der Waals surface area contributed by atoms with Crippen molar-refractivity contribution in [2.45, 2.75) is 58.6 Å². The first kappa shape index (κ1) is 27.2. The molecule has 1 heterocycles. The molecule has 2 aromatic carbocycles. The van der Waals surface area contributed by atoms with Gasteiger partial charge in [0.1, 0.15) is 5.75 Å². The molecule has 0 fully saturated rings. The van der Waals surface area contributed by atoms with E-state index < -0.39 is 6.10 Å². The third-order valence-corrected chi connectivity index (χ3v) is 6.48. The summed E-state index contributed by atoms with van der Waals surface area (Å²) in [4.78, 5) is 17.3. The number of nitrogens with one attached hydrogen (secondary N) is 1. The van der Waals surface area contributed by atoms with Gasteiger partial charge in [-0.25, -0.2) is 0 Å². The predicted molar refractivity (Wildman–Crippen MR) is 142 cm³/mol. The molecule has 6 nitrogen and oxygen atoms in total. The van der Waals surface area contributed by atoms with Crippen LogP contribution < -0.4 is 10.1 Å². The molecule has 0 unspecified atom stereocenters. The molecule has 0 spiro atoms. The molecule has 1 aliphatic rings. The number of carbonyl (C=O) groups excluding carboxylic acids is 1. The predicted octanol–water partition coefficient (Wildman–Crippen LogP) is 4.12. The van der Waals surface area contributed by atoms with Crippen molar-refractivity contribution >= 4 is 5.91 Å². The number of benzene rings is 2. The Morgan fingerprint density at radius 1 is 1.06 bits per heavy atom. The number of β-amino-alcohol motifs (C(OH)–C–C–N with tert-alkyl or cyclic N) is 1. The van der Waals surface area contributed by atoms with E-state index >= 15 is 0 Å². The zero-order valence-electron chi connectivity index (χ0n) is 21.5. The Balaban J connectivity index is 1.37. The SMILES string of the molecule is CCCN(CCC)CCCOc1ccc(C(=O)NC[C@H](O)CN2CCCc3ccccc3C2)cc1. The molecule has 1 aliphatic heterocycles. The van der Waals surface area contributed by atoms with Gasteiger partial charge < -0.3 is 20.1 Å². The van der Waals surface area contributed by atoms with E-state index in [1.54, 1.807) is 12.1 Å². The molecule has 0 aromatic heterocycles. The van der Waals surface area contributed by atoms with Crippen LogP contribution in [0.2, 0.25) is 0 Å². The number of aliphatic hydroxyl groups is 1. The second-order valence-corrected chi connectivity index (χ2v) is 9.54. The molecule has 192 valence electrons. The summed E-state index contributed by atoms with van der Waals surface area (Å²) in [5.74, 6) is 0.604. The molecule has 1 amide bonds. The molecule has 1 atom stereocenters. The summed E-state index contributed by atoms with van der Waals surface area (Å²) in [6.45, 7) is 11.0. The molecule has 3 rings (SSSR count). The molecule has 2 aromatic rings. The smallest absolute Gasteiger partial charge is 0.251 e. The minimum absolute atomic E-state index is 0.174. The van der Waals surface area contributed by atoms with Gasteiger partial charge in [0.2, 0.25) is 0 Å². The Kier molecular flexibility index (Phi) is 11.5.